The van der Waals surface area contributed by atoms with Crippen molar-refractivity contribution < 1.29 is 0 Å². The fourth-order valence-electron chi connectivity index (χ4n) is 2.57. The van der Waals surface area contributed by atoms with E-state index in [1.54, 1.807) is 6.33 Å². The Balaban J connectivity index is 1.85. The van der Waals surface area contributed by atoms with Crippen LogP contribution in [0.2, 0.25) is 0 Å². The minimum atomic E-state index is 0.669. The molecular formula is C13H19N3. The molecule has 0 aliphatic heterocycles. The van der Waals surface area contributed by atoms with Crippen LogP contribution in [-0.4, -0.2) is 16.0 Å². The fraction of sp³-hybridized carbons (Fsp3) is 0.692. The average molecular weight is 217 g/mol. The number of fused-ring (bicyclic) bond motifs is 1. The molecule has 1 aromatic heterocycles. The third-order valence-electron chi connectivity index (χ3n) is 3.82. The van der Waals surface area contributed by atoms with E-state index in [0.29, 0.717) is 6.04 Å². The third kappa shape index (κ3) is 1.91. The first-order valence-corrected chi connectivity index (χ1v) is 6.53. The number of hydrogen-bond donors (Lipinski definition) is 1. The smallest absolute Gasteiger partial charge is 0.133 e. The average Bonchev–Trinajstić information content (AvgIpc) is 2.48. The number of aromatic nitrogens is 2. The largest absolute Gasteiger partial charge is 0.367 e. The van der Waals surface area contributed by atoms with Crippen LogP contribution in [0.15, 0.2) is 6.33 Å². The number of aryl methyl sites for hydroxylation is 1. The van der Waals surface area contributed by atoms with Gasteiger partial charge in [0, 0.05) is 17.3 Å². The first-order valence-electron chi connectivity index (χ1n) is 6.53. The molecule has 3 heteroatoms. The highest BCUT2D eigenvalue weighted by Gasteiger charge is 2.20. The molecule has 2 aliphatic carbocycles. The molecule has 3 nitrogen and oxygen atoms in total. The molecule has 1 saturated carbocycles. The molecule has 0 spiro atoms. The molecule has 0 radical (unpaired) electrons. The van der Waals surface area contributed by atoms with Crippen LogP contribution in [0.1, 0.15) is 49.8 Å². The molecule has 86 valence electrons. The quantitative estimate of drug-likeness (QED) is 0.774. The Bertz CT molecular complexity index is 371. The highest BCUT2D eigenvalue weighted by atomic mass is 15.0. The van der Waals surface area contributed by atoms with E-state index in [9.17, 15) is 0 Å². The van der Waals surface area contributed by atoms with Gasteiger partial charge in [0.1, 0.15) is 12.1 Å². The second-order valence-electron chi connectivity index (χ2n) is 4.98. The summed E-state index contributed by atoms with van der Waals surface area (Å²) in [5.74, 6) is 1.12. The summed E-state index contributed by atoms with van der Waals surface area (Å²) >= 11 is 0. The van der Waals surface area contributed by atoms with Crippen molar-refractivity contribution in [2.75, 3.05) is 5.32 Å². The van der Waals surface area contributed by atoms with Gasteiger partial charge in [-0.3, -0.25) is 0 Å². The molecule has 3 rings (SSSR count). The highest BCUT2D eigenvalue weighted by molar-refractivity contribution is 5.47. The molecule has 0 unspecified atom stereocenters. The molecular weight excluding hydrogens is 198 g/mol. The molecule has 1 N–H and O–H groups in total. The zero-order valence-electron chi connectivity index (χ0n) is 9.71. The van der Waals surface area contributed by atoms with E-state index in [4.69, 9.17) is 0 Å². The molecule has 0 amide bonds. The first-order chi connectivity index (χ1) is 7.93. The summed E-state index contributed by atoms with van der Waals surface area (Å²) < 4.78 is 0. The van der Waals surface area contributed by atoms with Crippen LogP contribution in [0.3, 0.4) is 0 Å². The monoisotopic (exact) mass is 217 g/mol. The predicted octanol–water partition coefficient (Wildman–Crippen LogP) is 2.71. The zero-order chi connectivity index (χ0) is 10.8. The Kier molecular flexibility index (Phi) is 2.77. The lowest BCUT2D eigenvalue weighted by molar-refractivity contribution is 0.444. The van der Waals surface area contributed by atoms with E-state index in [1.165, 1.54) is 49.8 Å². The van der Waals surface area contributed by atoms with Gasteiger partial charge in [-0.25, -0.2) is 9.97 Å². The number of nitrogens with one attached hydrogen (secondary N) is 1. The van der Waals surface area contributed by atoms with Gasteiger partial charge in [-0.1, -0.05) is 6.42 Å². The van der Waals surface area contributed by atoms with Crippen molar-refractivity contribution in [2.45, 2.75) is 57.4 Å². The Labute approximate surface area is 96.7 Å². The minimum absolute atomic E-state index is 0.669. The van der Waals surface area contributed by atoms with E-state index in [1.807, 2.05) is 0 Å². The highest BCUT2D eigenvalue weighted by Crippen LogP contribution is 2.27. The number of anilines is 1. The second-order valence-corrected chi connectivity index (χ2v) is 4.98. The standard InChI is InChI=1S/C13H19N3/c1-2-7-11-12(8-3-1)14-9-15-13(11)16-10-5-4-6-10/h9-10H,1-8H2,(H,14,15,16). The molecule has 1 aromatic rings. The maximum atomic E-state index is 4.44. The van der Waals surface area contributed by atoms with Crippen LogP contribution in [-0.2, 0) is 12.8 Å². The molecule has 0 saturated heterocycles. The van der Waals surface area contributed by atoms with E-state index in [2.05, 4.69) is 15.3 Å². The van der Waals surface area contributed by atoms with Crippen molar-refractivity contribution in [1.29, 1.82) is 0 Å². The Morgan fingerprint density at radius 1 is 1.00 bits per heavy atom. The molecule has 0 bridgehead atoms. The summed E-state index contributed by atoms with van der Waals surface area (Å²) in [4.78, 5) is 8.87. The van der Waals surface area contributed by atoms with Crippen molar-refractivity contribution in [3.63, 3.8) is 0 Å². The van der Waals surface area contributed by atoms with Crippen LogP contribution >= 0.6 is 0 Å². The third-order valence-corrected chi connectivity index (χ3v) is 3.82. The molecule has 1 fully saturated rings. The van der Waals surface area contributed by atoms with Crippen molar-refractivity contribution in [1.82, 2.24) is 9.97 Å². The lowest BCUT2D eigenvalue weighted by atomic mass is 9.93. The Morgan fingerprint density at radius 2 is 1.88 bits per heavy atom. The minimum Gasteiger partial charge on any atom is -0.367 e. The predicted molar refractivity (Wildman–Crippen MR) is 64.6 cm³/mol. The van der Waals surface area contributed by atoms with E-state index < -0.39 is 0 Å². The SMILES string of the molecule is c1nc2c(c(NC3CCC3)n1)CCCCC2. The maximum Gasteiger partial charge on any atom is 0.133 e. The lowest BCUT2D eigenvalue weighted by Crippen LogP contribution is -2.28. The summed E-state index contributed by atoms with van der Waals surface area (Å²) in [6.07, 6.45) is 11.9. The summed E-state index contributed by atoms with van der Waals surface area (Å²) in [6.45, 7) is 0. The fourth-order valence-corrected chi connectivity index (χ4v) is 2.57. The van der Waals surface area contributed by atoms with Crippen LogP contribution in [0.5, 0.6) is 0 Å². The summed E-state index contributed by atoms with van der Waals surface area (Å²) in [5, 5.41) is 3.58. The topological polar surface area (TPSA) is 37.8 Å². The lowest BCUT2D eigenvalue weighted by Gasteiger charge is -2.28. The van der Waals surface area contributed by atoms with Crippen LogP contribution in [0, 0.1) is 0 Å². The second kappa shape index (κ2) is 4.40. The number of rotatable bonds is 2. The van der Waals surface area contributed by atoms with Gasteiger partial charge >= 0.3 is 0 Å². The van der Waals surface area contributed by atoms with Gasteiger partial charge in [-0.05, 0) is 44.9 Å². The van der Waals surface area contributed by atoms with E-state index >= 15 is 0 Å². The van der Waals surface area contributed by atoms with Gasteiger partial charge in [-0.15, -0.1) is 0 Å². The van der Waals surface area contributed by atoms with E-state index in [-0.39, 0.29) is 0 Å². The zero-order valence-corrected chi connectivity index (χ0v) is 9.71. The van der Waals surface area contributed by atoms with Gasteiger partial charge < -0.3 is 5.32 Å². The van der Waals surface area contributed by atoms with Crippen molar-refractivity contribution in [2.24, 2.45) is 0 Å². The molecule has 16 heavy (non-hydrogen) atoms. The first kappa shape index (κ1) is 10.1. The summed E-state index contributed by atoms with van der Waals surface area (Å²) in [6, 6.07) is 0.669. The van der Waals surface area contributed by atoms with Gasteiger partial charge in [0.2, 0.25) is 0 Å². The van der Waals surface area contributed by atoms with Gasteiger partial charge in [-0.2, -0.15) is 0 Å². The molecule has 0 atom stereocenters. The van der Waals surface area contributed by atoms with Gasteiger partial charge in [0.15, 0.2) is 0 Å². The van der Waals surface area contributed by atoms with Gasteiger partial charge in [0.25, 0.3) is 0 Å². The van der Waals surface area contributed by atoms with Crippen molar-refractivity contribution >= 4 is 5.82 Å². The molecule has 2 aliphatic rings. The Hall–Kier alpha value is -1.12. The molecule has 1 heterocycles. The molecule has 0 aromatic carbocycles. The summed E-state index contributed by atoms with van der Waals surface area (Å²) in [5.41, 5.74) is 2.68. The van der Waals surface area contributed by atoms with Crippen LogP contribution in [0.4, 0.5) is 5.82 Å². The Morgan fingerprint density at radius 3 is 2.69 bits per heavy atom. The normalized spacial score (nSPS) is 20.8. The maximum absolute atomic E-state index is 4.44. The van der Waals surface area contributed by atoms with Crippen molar-refractivity contribution in [3.8, 4) is 0 Å². The van der Waals surface area contributed by atoms with Crippen molar-refractivity contribution in [3.05, 3.63) is 17.6 Å². The number of hydrogen-bond acceptors (Lipinski definition) is 3. The van der Waals surface area contributed by atoms with Gasteiger partial charge in [0.05, 0.1) is 0 Å². The van der Waals surface area contributed by atoms with Crippen LogP contribution < -0.4 is 5.32 Å². The van der Waals surface area contributed by atoms with Crippen LogP contribution in [0.25, 0.3) is 0 Å². The number of nitrogens with zero attached hydrogens (tertiary/aromatic N) is 2. The summed E-state index contributed by atoms with van der Waals surface area (Å²) in [7, 11) is 0. The van der Waals surface area contributed by atoms with E-state index in [0.717, 1.165) is 18.7 Å².